The van der Waals surface area contributed by atoms with Gasteiger partial charge in [-0.05, 0) is 46.1 Å². The normalized spacial score (nSPS) is 10.1. The molecule has 22 heavy (non-hydrogen) atoms. The van der Waals surface area contributed by atoms with Gasteiger partial charge >= 0.3 is 11.8 Å². The minimum absolute atomic E-state index is 0.391. The predicted molar refractivity (Wildman–Crippen MR) is 90.4 cm³/mol. The number of hydrogen-bond donors (Lipinski definition) is 1. The molecular weight excluding hydrogens is 344 g/mol. The summed E-state index contributed by atoms with van der Waals surface area (Å²) in [5, 5.41) is 2.63. The summed E-state index contributed by atoms with van der Waals surface area (Å²) in [5.41, 5.74) is 2.62. The number of hydrogen-bond acceptors (Lipinski definition) is 2. The molecular formula is C17H17BrN2O2. The fourth-order valence-electron chi connectivity index (χ4n) is 2.00. The highest BCUT2D eigenvalue weighted by molar-refractivity contribution is 9.10. The number of carbonyl (C=O) groups is 2. The van der Waals surface area contributed by atoms with Crippen LogP contribution in [-0.2, 0) is 16.1 Å². The third-order valence-corrected chi connectivity index (χ3v) is 3.83. The molecule has 0 heterocycles. The highest BCUT2D eigenvalue weighted by Crippen LogP contribution is 2.23. The van der Waals surface area contributed by atoms with Crippen LogP contribution in [0.25, 0.3) is 0 Å². The number of rotatable bonds is 3. The molecule has 0 aliphatic rings. The second-order valence-electron chi connectivity index (χ2n) is 5.08. The van der Waals surface area contributed by atoms with Crippen molar-refractivity contribution in [3.8, 4) is 0 Å². The summed E-state index contributed by atoms with van der Waals surface area (Å²) in [4.78, 5) is 25.6. The molecule has 0 saturated heterocycles. The van der Waals surface area contributed by atoms with Gasteiger partial charge in [-0.2, -0.15) is 0 Å². The van der Waals surface area contributed by atoms with E-state index in [0.29, 0.717) is 12.2 Å². The fraction of sp³-hybridized carbons (Fsp3) is 0.176. The molecule has 5 heteroatoms. The lowest BCUT2D eigenvalue weighted by Crippen LogP contribution is -2.36. The Labute approximate surface area is 138 Å². The zero-order valence-corrected chi connectivity index (χ0v) is 14.1. The Bertz CT molecular complexity index is 686. The number of carbonyl (C=O) groups excluding carboxylic acids is 2. The van der Waals surface area contributed by atoms with Gasteiger partial charge in [0.2, 0.25) is 0 Å². The second-order valence-corrected chi connectivity index (χ2v) is 5.94. The molecule has 0 radical (unpaired) electrons. The van der Waals surface area contributed by atoms with Crippen LogP contribution in [-0.4, -0.2) is 23.8 Å². The van der Waals surface area contributed by atoms with Crippen molar-refractivity contribution in [2.24, 2.45) is 0 Å². The summed E-state index contributed by atoms with van der Waals surface area (Å²) in [7, 11) is 1.61. The van der Waals surface area contributed by atoms with Crippen molar-refractivity contribution in [1.29, 1.82) is 0 Å². The fourth-order valence-corrected chi connectivity index (χ4v) is 2.59. The van der Waals surface area contributed by atoms with Crippen LogP contribution in [0.4, 0.5) is 5.69 Å². The summed E-state index contributed by atoms with van der Waals surface area (Å²) in [6.45, 7) is 2.34. The molecule has 0 aliphatic heterocycles. The monoisotopic (exact) mass is 360 g/mol. The average Bonchev–Trinajstić information content (AvgIpc) is 2.50. The quantitative estimate of drug-likeness (QED) is 0.853. The first kappa shape index (κ1) is 16.2. The van der Waals surface area contributed by atoms with E-state index in [1.165, 1.54) is 4.90 Å². The van der Waals surface area contributed by atoms with Crippen LogP contribution in [0.1, 0.15) is 11.1 Å². The number of benzene rings is 2. The van der Waals surface area contributed by atoms with Gasteiger partial charge in [0.25, 0.3) is 0 Å². The first-order valence-electron chi connectivity index (χ1n) is 6.84. The summed E-state index contributed by atoms with van der Waals surface area (Å²) < 4.78 is 0.749. The maximum atomic E-state index is 12.1. The maximum Gasteiger partial charge on any atom is 0.313 e. The van der Waals surface area contributed by atoms with Crippen molar-refractivity contribution >= 4 is 33.4 Å². The van der Waals surface area contributed by atoms with E-state index in [4.69, 9.17) is 0 Å². The predicted octanol–water partition coefficient (Wildman–Crippen LogP) is 3.35. The van der Waals surface area contributed by atoms with E-state index >= 15 is 0 Å². The van der Waals surface area contributed by atoms with E-state index in [-0.39, 0.29) is 0 Å². The van der Waals surface area contributed by atoms with Crippen LogP contribution in [0, 0.1) is 6.92 Å². The molecule has 2 amide bonds. The Morgan fingerprint density at radius 1 is 1.14 bits per heavy atom. The Balaban J connectivity index is 2.01. The Kier molecular flexibility index (Phi) is 5.33. The SMILES string of the molecule is Cc1ccc(NC(=O)C(=O)N(C)Cc2ccccc2)c(Br)c1. The van der Waals surface area contributed by atoms with Gasteiger partial charge < -0.3 is 10.2 Å². The number of anilines is 1. The van der Waals surface area contributed by atoms with Gasteiger partial charge in [0.15, 0.2) is 0 Å². The van der Waals surface area contributed by atoms with E-state index < -0.39 is 11.8 Å². The Morgan fingerprint density at radius 2 is 1.82 bits per heavy atom. The minimum atomic E-state index is -0.650. The number of nitrogens with zero attached hydrogens (tertiary/aromatic N) is 1. The number of amides is 2. The lowest BCUT2D eigenvalue weighted by molar-refractivity contribution is -0.142. The molecule has 0 aliphatic carbocycles. The van der Waals surface area contributed by atoms with Crippen LogP contribution < -0.4 is 5.32 Å². The van der Waals surface area contributed by atoms with E-state index in [9.17, 15) is 9.59 Å². The zero-order chi connectivity index (χ0) is 16.1. The molecule has 2 aromatic rings. The molecule has 2 aromatic carbocycles. The summed E-state index contributed by atoms with van der Waals surface area (Å²) in [6, 6.07) is 15.1. The largest absolute Gasteiger partial charge is 0.333 e. The molecule has 0 spiro atoms. The topological polar surface area (TPSA) is 49.4 Å². The van der Waals surface area contributed by atoms with E-state index in [1.807, 2.05) is 49.4 Å². The van der Waals surface area contributed by atoms with Crippen LogP contribution in [0.15, 0.2) is 53.0 Å². The van der Waals surface area contributed by atoms with Crippen molar-refractivity contribution in [2.45, 2.75) is 13.5 Å². The van der Waals surface area contributed by atoms with Gasteiger partial charge in [-0.25, -0.2) is 0 Å². The van der Waals surface area contributed by atoms with Crippen LogP contribution in [0.5, 0.6) is 0 Å². The molecule has 0 saturated carbocycles. The number of nitrogens with one attached hydrogen (secondary N) is 1. The Morgan fingerprint density at radius 3 is 2.45 bits per heavy atom. The van der Waals surface area contributed by atoms with Crippen LogP contribution >= 0.6 is 15.9 Å². The van der Waals surface area contributed by atoms with Gasteiger partial charge in [-0.1, -0.05) is 36.4 Å². The highest BCUT2D eigenvalue weighted by Gasteiger charge is 2.19. The molecule has 4 nitrogen and oxygen atoms in total. The standard InChI is InChI=1S/C17H17BrN2O2/c1-12-8-9-15(14(18)10-12)19-16(21)17(22)20(2)11-13-6-4-3-5-7-13/h3-10H,11H2,1-2H3,(H,19,21). The third-order valence-electron chi connectivity index (χ3n) is 3.18. The molecule has 0 bridgehead atoms. The lowest BCUT2D eigenvalue weighted by atomic mass is 10.2. The van der Waals surface area contributed by atoms with Crippen molar-refractivity contribution in [1.82, 2.24) is 4.90 Å². The molecule has 0 unspecified atom stereocenters. The third kappa shape index (κ3) is 4.18. The minimum Gasteiger partial charge on any atom is -0.333 e. The van der Waals surface area contributed by atoms with Crippen LogP contribution in [0.2, 0.25) is 0 Å². The Hall–Kier alpha value is -2.14. The lowest BCUT2D eigenvalue weighted by Gasteiger charge is -2.17. The highest BCUT2D eigenvalue weighted by atomic mass is 79.9. The summed E-state index contributed by atoms with van der Waals surface area (Å²) in [5.74, 6) is -1.22. The van der Waals surface area contributed by atoms with Crippen molar-refractivity contribution in [2.75, 3.05) is 12.4 Å². The maximum absolute atomic E-state index is 12.1. The van der Waals surface area contributed by atoms with Crippen molar-refractivity contribution in [3.05, 3.63) is 64.1 Å². The molecule has 2 rings (SSSR count). The van der Waals surface area contributed by atoms with Crippen molar-refractivity contribution in [3.63, 3.8) is 0 Å². The van der Waals surface area contributed by atoms with Crippen LogP contribution in [0.3, 0.4) is 0 Å². The zero-order valence-electron chi connectivity index (χ0n) is 12.5. The molecule has 0 fully saturated rings. The summed E-state index contributed by atoms with van der Waals surface area (Å²) >= 11 is 3.38. The van der Waals surface area contributed by atoms with Gasteiger partial charge in [0, 0.05) is 18.1 Å². The van der Waals surface area contributed by atoms with Gasteiger partial charge in [0.1, 0.15) is 0 Å². The molecule has 0 aromatic heterocycles. The second kappa shape index (κ2) is 7.22. The van der Waals surface area contributed by atoms with Gasteiger partial charge in [0.05, 0.1) is 5.69 Å². The van der Waals surface area contributed by atoms with Gasteiger partial charge in [-0.3, -0.25) is 9.59 Å². The van der Waals surface area contributed by atoms with Crippen molar-refractivity contribution < 1.29 is 9.59 Å². The number of aryl methyl sites for hydroxylation is 1. The molecule has 114 valence electrons. The van der Waals surface area contributed by atoms with E-state index in [2.05, 4.69) is 21.2 Å². The molecule has 0 atom stereocenters. The number of likely N-dealkylation sites (N-methyl/N-ethyl adjacent to an activating group) is 1. The average molecular weight is 361 g/mol. The number of halogens is 1. The molecule has 1 N–H and O–H groups in total. The smallest absolute Gasteiger partial charge is 0.313 e. The first-order chi connectivity index (χ1) is 10.5. The van der Waals surface area contributed by atoms with Gasteiger partial charge in [-0.15, -0.1) is 0 Å². The van der Waals surface area contributed by atoms with E-state index in [1.54, 1.807) is 13.1 Å². The van der Waals surface area contributed by atoms with E-state index in [0.717, 1.165) is 15.6 Å². The first-order valence-corrected chi connectivity index (χ1v) is 7.63. The summed E-state index contributed by atoms with van der Waals surface area (Å²) in [6.07, 6.45) is 0.